The molecule has 90 valence electrons. The Bertz CT molecular complexity index is 537. The summed E-state index contributed by atoms with van der Waals surface area (Å²) >= 11 is 1.41. The smallest absolute Gasteiger partial charge is 0.321 e. The summed E-state index contributed by atoms with van der Waals surface area (Å²) in [4.78, 5) is 15.7. The average molecular weight is 250 g/mol. The second kappa shape index (κ2) is 5.01. The second-order valence-electron chi connectivity index (χ2n) is 3.63. The molecule has 5 nitrogen and oxygen atoms in total. The van der Waals surface area contributed by atoms with E-state index in [-0.39, 0.29) is 6.03 Å². The summed E-state index contributed by atoms with van der Waals surface area (Å²) in [6.45, 7) is 2.66. The molecule has 4 N–H and O–H groups in total. The van der Waals surface area contributed by atoms with Crippen molar-refractivity contribution in [3.63, 3.8) is 0 Å². The molecule has 1 aromatic carbocycles. The molecule has 0 aliphatic heterocycles. The van der Waals surface area contributed by atoms with Gasteiger partial charge < -0.3 is 11.1 Å². The van der Waals surface area contributed by atoms with Gasteiger partial charge in [-0.05, 0) is 24.6 Å². The minimum absolute atomic E-state index is 0.223. The maximum Gasteiger partial charge on any atom is 0.321 e. The van der Waals surface area contributed by atoms with E-state index in [1.54, 1.807) is 6.07 Å². The fourth-order valence-electron chi connectivity index (χ4n) is 1.37. The molecule has 0 atom stereocenters. The van der Waals surface area contributed by atoms with Crippen molar-refractivity contribution in [2.45, 2.75) is 13.3 Å². The molecule has 0 bridgehead atoms. The monoisotopic (exact) mass is 250 g/mol. The van der Waals surface area contributed by atoms with Crippen LogP contribution in [0.4, 0.5) is 15.6 Å². The number of urea groups is 1. The van der Waals surface area contributed by atoms with E-state index in [2.05, 4.69) is 15.6 Å². The number of benzene rings is 1. The van der Waals surface area contributed by atoms with Crippen molar-refractivity contribution in [2.75, 3.05) is 17.6 Å². The van der Waals surface area contributed by atoms with Crippen LogP contribution in [0.15, 0.2) is 18.2 Å². The highest BCUT2D eigenvalue weighted by Crippen LogP contribution is 2.27. The fraction of sp³-hybridized carbons (Fsp3) is 0.273. The number of carbonyl (C=O) groups is 1. The standard InChI is InChI=1S/C11H14N4OS/c1-2-5-13-10(16)15-11-14-8-4-3-7(12)6-9(8)17-11/h3-4,6H,2,5,12H2,1H3,(H2,13,14,15,16). The van der Waals surface area contributed by atoms with Gasteiger partial charge in [0.15, 0.2) is 5.13 Å². The van der Waals surface area contributed by atoms with Crippen LogP contribution in [0.25, 0.3) is 10.2 Å². The topological polar surface area (TPSA) is 80.0 Å². The first kappa shape index (κ1) is 11.7. The lowest BCUT2D eigenvalue weighted by atomic mass is 10.3. The van der Waals surface area contributed by atoms with Crippen molar-refractivity contribution >= 4 is 38.4 Å². The third kappa shape index (κ3) is 2.85. The van der Waals surface area contributed by atoms with Crippen LogP contribution >= 0.6 is 11.3 Å². The van der Waals surface area contributed by atoms with Gasteiger partial charge in [-0.25, -0.2) is 9.78 Å². The number of nitrogens with one attached hydrogen (secondary N) is 2. The third-order valence-corrected chi connectivity index (χ3v) is 3.10. The Balaban J connectivity index is 2.11. The second-order valence-corrected chi connectivity index (χ2v) is 4.66. The summed E-state index contributed by atoms with van der Waals surface area (Å²) in [6.07, 6.45) is 0.907. The van der Waals surface area contributed by atoms with Gasteiger partial charge in [0, 0.05) is 12.2 Å². The quantitative estimate of drug-likeness (QED) is 0.732. The number of nitrogen functional groups attached to an aromatic ring is 1. The molecule has 1 heterocycles. The lowest BCUT2D eigenvalue weighted by Crippen LogP contribution is -2.29. The number of hydrogen-bond acceptors (Lipinski definition) is 4. The molecule has 0 radical (unpaired) electrons. The zero-order valence-corrected chi connectivity index (χ0v) is 10.3. The van der Waals surface area contributed by atoms with Crippen LogP contribution in [0, 0.1) is 0 Å². The van der Waals surface area contributed by atoms with E-state index in [1.165, 1.54) is 11.3 Å². The number of anilines is 2. The number of aromatic nitrogens is 1. The highest BCUT2D eigenvalue weighted by Gasteiger charge is 2.06. The number of nitrogens with two attached hydrogens (primary N) is 1. The van der Waals surface area contributed by atoms with E-state index in [4.69, 9.17) is 5.73 Å². The number of nitrogens with zero attached hydrogens (tertiary/aromatic N) is 1. The molecule has 0 saturated carbocycles. The van der Waals surface area contributed by atoms with Gasteiger partial charge in [0.05, 0.1) is 10.2 Å². The van der Waals surface area contributed by atoms with Gasteiger partial charge in [0.25, 0.3) is 0 Å². The maximum absolute atomic E-state index is 11.4. The number of carbonyl (C=O) groups excluding carboxylic acids is 1. The molecule has 2 aromatic rings. The Morgan fingerprint density at radius 3 is 3.12 bits per heavy atom. The van der Waals surface area contributed by atoms with Crippen LogP contribution in [0.2, 0.25) is 0 Å². The summed E-state index contributed by atoms with van der Waals surface area (Å²) < 4.78 is 0.968. The molecular formula is C11H14N4OS. The summed E-state index contributed by atoms with van der Waals surface area (Å²) in [5, 5.41) is 6.01. The predicted molar refractivity (Wildman–Crippen MR) is 71.3 cm³/mol. The molecule has 17 heavy (non-hydrogen) atoms. The normalized spacial score (nSPS) is 10.4. The van der Waals surface area contributed by atoms with E-state index in [0.717, 1.165) is 16.6 Å². The van der Waals surface area contributed by atoms with Crippen molar-refractivity contribution < 1.29 is 4.79 Å². The summed E-state index contributed by atoms with van der Waals surface area (Å²) in [7, 11) is 0. The summed E-state index contributed by atoms with van der Waals surface area (Å²) in [5.74, 6) is 0. The predicted octanol–water partition coefficient (Wildman–Crippen LogP) is 2.41. The van der Waals surface area contributed by atoms with E-state index in [9.17, 15) is 4.79 Å². The van der Waals surface area contributed by atoms with Crippen molar-refractivity contribution in [1.29, 1.82) is 0 Å². The molecule has 2 amide bonds. The van der Waals surface area contributed by atoms with E-state index < -0.39 is 0 Å². The lowest BCUT2D eigenvalue weighted by molar-refractivity contribution is 0.252. The number of amides is 2. The van der Waals surface area contributed by atoms with Gasteiger partial charge >= 0.3 is 6.03 Å². The average Bonchev–Trinajstić information content (AvgIpc) is 2.67. The first-order valence-corrected chi connectivity index (χ1v) is 6.21. The van der Waals surface area contributed by atoms with Crippen LogP contribution in [-0.4, -0.2) is 17.6 Å². The van der Waals surface area contributed by atoms with Gasteiger partial charge in [-0.1, -0.05) is 18.3 Å². The van der Waals surface area contributed by atoms with Gasteiger partial charge in [0.2, 0.25) is 0 Å². The molecule has 1 aromatic heterocycles. The Labute approximate surface area is 103 Å². The molecule has 6 heteroatoms. The number of hydrogen-bond donors (Lipinski definition) is 3. The fourth-order valence-corrected chi connectivity index (χ4v) is 2.28. The Morgan fingerprint density at radius 2 is 2.35 bits per heavy atom. The van der Waals surface area contributed by atoms with Crippen LogP contribution < -0.4 is 16.4 Å². The van der Waals surface area contributed by atoms with Crippen LogP contribution in [0.5, 0.6) is 0 Å². The SMILES string of the molecule is CCCNC(=O)Nc1nc2ccc(N)cc2s1. The molecule has 0 fully saturated rings. The molecule has 0 aliphatic carbocycles. The first-order valence-electron chi connectivity index (χ1n) is 5.40. The molecule has 0 aliphatic rings. The minimum Gasteiger partial charge on any atom is -0.399 e. The van der Waals surface area contributed by atoms with Gasteiger partial charge in [-0.15, -0.1) is 0 Å². The van der Waals surface area contributed by atoms with E-state index in [0.29, 0.717) is 17.4 Å². The maximum atomic E-state index is 11.4. The lowest BCUT2D eigenvalue weighted by Gasteiger charge is -2.02. The molecule has 2 rings (SSSR count). The van der Waals surface area contributed by atoms with Crippen molar-refractivity contribution in [2.24, 2.45) is 0 Å². The molecule has 0 spiro atoms. The third-order valence-electron chi connectivity index (χ3n) is 2.17. The van der Waals surface area contributed by atoms with Crippen molar-refractivity contribution in [1.82, 2.24) is 10.3 Å². The zero-order valence-electron chi connectivity index (χ0n) is 9.49. The van der Waals surface area contributed by atoms with Crippen LogP contribution in [0.3, 0.4) is 0 Å². The van der Waals surface area contributed by atoms with Crippen LogP contribution in [-0.2, 0) is 0 Å². The van der Waals surface area contributed by atoms with E-state index >= 15 is 0 Å². The highest BCUT2D eigenvalue weighted by molar-refractivity contribution is 7.22. The van der Waals surface area contributed by atoms with E-state index in [1.807, 2.05) is 19.1 Å². The van der Waals surface area contributed by atoms with Crippen LogP contribution in [0.1, 0.15) is 13.3 Å². The molecule has 0 unspecified atom stereocenters. The number of rotatable bonds is 3. The molecular weight excluding hydrogens is 236 g/mol. The minimum atomic E-state index is -0.223. The number of fused-ring (bicyclic) bond motifs is 1. The summed E-state index contributed by atoms with van der Waals surface area (Å²) in [6, 6.07) is 5.26. The van der Waals surface area contributed by atoms with Gasteiger partial charge in [-0.2, -0.15) is 0 Å². The zero-order chi connectivity index (χ0) is 12.3. The summed E-state index contributed by atoms with van der Waals surface area (Å²) in [5.41, 5.74) is 7.22. The Hall–Kier alpha value is -1.82. The number of thiazole rings is 1. The van der Waals surface area contributed by atoms with Gasteiger partial charge in [0.1, 0.15) is 0 Å². The highest BCUT2D eigenvalue weighted by atomic mass is 32.1. The Kier molecular flexibility index (Phi) is 3.43. The molecule has 0 saturated heterocycles. The van der Waals surface area contributed by atoms with Crippen molar-refractivity contribution in [3.05, 3.63) is 18.2 Å². The van der Waals surface area contributed by atoms with Crippen molar-refractivity contribution in [3.8, 4) is 0 Å². The largest absolute Gasteiger partial charge is 0.399 e. The first-order chi connectivity index (χ1) is 8.19. The Morgan fingerprint density at radius 1 is 1.53 bits per heavy atom. The van der Waals surface area contributed by atoms with Gasteiger partial charge in [-0.3, -0.25) is 5.32 Å².